The van der Waals surface area contributed by atoms with E-state index < -0.39 is 0 Å². The molecule has 0 bridgehead atoms. The van der Waals surface area contributed by atoms with Crippen molar-refractivity contribution in [3.8, 4) is 0 Å². The van der Waals surface area contributed by atoms with Crippen molar-refractivity contribution in [3.05, 3.63) is 11.8 Å². The predicted molar refractivity (Wildman–Crippen MR) is 68.8 cm³/mol. The highest BCUT2D eigenvalue weighted by Gasteiger charge is 2.20. The van der Waals surface area contributed by atoms with E-state index in [1.54, 1.807) is 0 Å². The molecule has 0 saturated heterocycles. The molecule has 0 aliphatic heterocycles. The molecule has 1 aromatic heterocycles. The summed E-state index contributed by atoms with van der Waals surface area (Å²) in [5, 5.41) is 16.2. The zero-order valence-electron chi connectivity index (χ0n) is 11.4. The minimum absolute atomic E-state index is 0.00924. The third kappa shape index (κ3) is 3.56. The van der Waals surface area contributed by atoms with E-state index in [1.807, 2.05) is 26.8 Å². The molecule has 17 heavy (non-hydrogen) atoms. The molecule has 0 spiro atoms. The number of nitrogens with one attached hydrogen (secondary N) is 2. The van der Waals surface area contributed by atoms with E-state index in [2.05, 4.69) is 41.4 Å². The Morgan fingerprint density at radius 2 is 1.88 bits per heavy atom. The molecule has 1 heterocycles. The molecule has 0 aromatic carbocycles. The van der Waals surface area contributed by atoms with E-state index in [0.717, 1.165) is 5.69 Å². The SMILES string of the molecule is CC(C)(C)C(=Nc1cc(C(C)(C)C)[nH]n1)NO. The molecular weight excluding hydrogens is 216 g/mol. The highest BCUT2D eigenvalue weighted by Crippen LogP contribution is 2.24. The van der Waals surface area contributed by atoms with E-state index in [1.165, 1.54) is 0 Å². The molecule has 0 amide bonds. The lowest BCUT2D eigenvalue weighted by molar-refractivity contribution is 0.221. The van der Waals surface area contributed by atoms with Crippen molar-refractivity contribution in [3.63, 3.8) is 0 Å². The van der Waals surface area contributed by atoms with E-state index >= 15 is 0 Å². The molecule has 1 aromatic rings. The Balaban J connectivity index is 3.03. The van der Waals surface area contributed by atoms with Gasteiger partial charge in [-0.3, -0.25) is 15.8 Å². The fourth-order valence-corrected chi connectivity index (χ4v) is 1.23. The largest absolute Gasteiger partial charge is 0.290 e. The van der Waals surface area contributed by atoms with Crippen LogP contribution < -0.4 is 5.48 Å². The van der Waals surface area contributed by atoms with Crippen LogP contribution in [0.4, 0.5) is 5.82 Å². The summed E-state index contributed by atoms with van der Waals surface area (Å²) in [7, 11) is 0. The number of rotatable bonds is 1. The van der Waals surface area contributed by atoms with Crippen LogP contribution in [0.2, 0.25) is 0 Å². The standard InChI is InChI=1S/C12H22N4O/c1-11(2,3)8-7-9(15-14-8)13-10(16-17)12(4,5)6/h7,17H,1-6H3,(H2,13,14,15,16). The van der Waals surface area contributed by atoms with Crippen molar-refractivity contribution >= 4 is 11.7 Å². The first kappa shape index (κ1) is 13.7. The summed E-state index contributed by atoms with van der Waals surface area (Å²) in [5.74, 6) is 1.06. The van der Waals surface area contributed by atoms with Crippen molar-refractivity contribution in [2.24, 2.45) is 10.4 Å². The number of nitrogens with zero attached hydrogens (tertiary/aromatic N) is 2. The maximum atomic E-state index is 9.07. The third-order valence-corrected chi connectivity index (χ3v) is 2.42. The Labute approximate surface area is 102 Å². The second-order valence-electron chi connectivity index (χ2n) is 6.21. The zero-order valence-corrected chi connectivity index (χ0v) is 11.4. The maximum Gasteiger partial charge on any atom is 0.175 e. The molecule has 0 radical (unpaired) electrons. The van der Waals surface area contributed by atoms with Crippen LogP contribution in [-0.4, -0.2) is 21.2 Å². The molecule has 96 valence electrons. The lowest BCUT2D eigenvalue weighted by Crippen LogP contribution is -2.32. The lowest BCUT2D eigenvalue weighted by Gasteiger charge is -2.19. The number of aromatic nitrogens is 2. The van der Waals surface area contributed by atoms with Gasteiger partial charge in [0.1, 0.15) is 5.84 Å². The van der Waals surface area contributed by atoms with E-state index in [4.69, 9.17) is 5.21 Å². The number of hydroxylamine groups is 1. The maximum absolute atomic E-state index is 9.07. The van der Waals surface area contributed by atoms with Crippen molar-refractivity contribution in [1.82, 2.24) is 15.7 Å². The predicted octanol–water partition coefficient (Wildman–Crippen LogP) is 2.76. The molecule has 3 N–H and O–H groups in total. The molecule has 0 aliphatic carbocycles. The number of aliphatic imine (C=N–C) groups is 1. The van der Waals surface area contributed by atoms with Gasteiger partial charge in [-0.25, -0.2) is 4.99 Å². The molecule has 5 heteroatoms. The first-order chi connectivity index (χ1) is 7.64. The summed E-state index contributed by atoms with van der Waals surface area (Å²) in [5.41, 5.74) is 2.91. The van der Waals surface area contributed by atoms with Crippen LogP contribution in [-0.2, 0) is 5.41 Å². The second kappa shape index (κ2) is 4.49. The summed E-state index contributed by atoms with van der Waals surface area (Å²) in [6.45, 7) is 12.2. The fourth-order valence-electron chi connectivity index (χ4n) is 1.23. The zero-order chi connectivity index (χ0) is 13.3. The van der Waals surface area contributed by atoms with Crippen LogP contribution in [0.3, 0.4) is 0 Å². The van der Waals surface area contributed by atoms with E-state index in [0.29, 0.717) is 11.7 Å². The number of amidine groups is 1. The van der Waals surface area contributed by atoms with Gasteiger partial charge in [-0.2, -0.15) is 5.10 Å². The average molecular weight is 238 g/mol. The van der Waals surface area contributed by atoms with Crippen molar-refractivity contribution in [2.75, 3.05) is 0 Å². The fraction of sp³-hybridized carbons (Fsp3) is 0.667. The lowest BCUT2D eigenvalue weighted by atomic mass is 9.92. The highest BCUT2D eigenvalue weighted by molar-refractivity contribution is 5.88. The molecule has 0 unspecified atom stereocenters. The molecule has 0 saturated carbocycles. The van der Waals surface area contributed by atoms with E-state index in [9.17, 15) is 0 Å². The van der Waals surface area contributed by atoms with Crippen molar-refractivity contribution in [2.45, 2.75) is 47.0 Å². The number of hydrogen-bond donors (Lipinski definition) is 3. The van der Waals surface area contributed by atoms with Gasteiger partial charge in [0.05, 0.1) is 0 Å². The molecule has 0 atom stereocenters. The smallest absolute Gasteiger partial charge is 0.175 e. The van der Waals surface area contributed by atoms with Crippen LogP contribution in [0.25, 0.3) is 0 Å². The van der Waals surface area contributed by atoms with Gasteiger partial charge in [0.15, 0.2) is 5.82 Å². The van der Waals surface area contributed by atoms with Gasteiger partial charge in [0.2, 0.25) is 0 Å². The monoisotopic (exact) mass is 238 g/mol. The van der Waals surface area contributed by atoms with Gasteiger partial charge >= 0.3 is 0 Å². The first-order valence-corrected chi connectivity index (χ1v) is 5.70. The Kier molecular flexibility index (Phi) is 3.62. The molecule has 0 fully saturated rings. The molecular formula is C12H22N4O. The Morgan fingerprint density at radius 3 is 2.24 bits per heavy atom. The Morgan fingerprint density at radius 1 is 1.29 bits per heavy atom. The van der Waals surface area contributed by atoms with Crippen LogP contribution >= 0.6 is 0 Å². The van der Waals surface area contributed by atoms with Crippen LogP contribution in [0.1, 0.15) is 47.2 Å². The number of hydrogen-bond acceptors (Lipinski definition) is 3. The highest BCUT2D eigenvalue weighted by atomic mass is 16.5. The third-order valence-electron chi connectivity index (χ3n) is 2.42. The summed E-state index contributed by atoms with van der Waals surface area (Å²) < 4.78 is 0. The summed E-state index contributed by atoms with van der Waals surface area (Å²) in [4.78, 5) is 4.30. The molecule has 5 nitrogen and oxygen atoms in total. The average Bonchev–Trinajstić information content (AvgIpc) is 2.59. The minimum Gasteiger partial charge on any atom is -0.290 e. The summed E-state index contributed by atoms with van der Waals surface area (Å²) in [6.07, 6.45) is 0. The second-order valence-corrected chi connectivity index (χ2v) is 6.21. The van der Waals surface area contributed by atoms with Crippen LogP contribution in [0.5, 0.6) is 0 Å². The normalized spacial score (nSPS) is 13.9. The molecule has 1 rings (SSSR count). The van der Waals surface area contributed by atoms with Gasteiger partial charge in [0.25, 0.3) is 0 Å². The van der Waals surface area contributed by atoms with Crippen molar-refractivity contribution in [1.29, 1.82) is 0 Å². The summed E-state index contributed by atoms with van der Waals surface area (Å²) >= 11 is 0. The quantitative estimate of drug-likeness (QED) is 0.400. The Bertz CT molecular complexity index is 407. The summed E-state index contributed by atoms with van der Waals surface area (Å²) in [6, 6.07) is 1.89. The van der Waals surface area contributed by atoms with Crippen LogP contribution in [0.15, 0.2) is 11.1 Å². The first-order valence-electron chi connectivity index (χ1n) is 5.70. The van der Waals surface area contributed by atoms with Gasteiger partial charge in [-0.1, -0.05) is 41.5 Å². The Hall–Kier alpha value is -1.36. The van der Waals surface area contributed by atoms with Gasteiger partial charge in [-0.15, -0.1) is 0 Å². The van der Waals surface area contributed by atoms with Crippen LogP contribution in [0, 0.1) is 5.41 Å². The molecule has 0 aliphatic rings. The topological polar surface area (TPSA) is 73.3 Å². The van der Waals surface area contributed by atoms with Crippen molar-refractivity contribution < 1.29 is 5.21 Å². The van der Waals surface area contributed by atoms with E-state index in [-0.39, 0.29) is 10.8 Å². The minimum atomic E-state index is -0.254. The number of aromatic amines is 1. The van der Waals surface area contributed by atoms with Gasteiger partial charge in [0, 0.05) is 22.6 Å². The number of H-pyrrole nitrogens is 1. The van der Waals surface area contributed by atoms with Gasteiger partial charge in [-0.05, 0) is 0 Å². The van der Waals surface area contributed by atoms with Gasteiger partial charge < -0.3 is 0 Å².